The highest BCUT2D eigenvalue weighted by Gasteiger charge is 2.23. The van der Waals surface area contributed by atoms with Crippen LogP contribution >= 0.6 is 0 Å². The van der Waals surface area contributed by atoms with Crippen LogP contribution in [-0.4, -0.2) is 46.2 Å². The Labute approximate surface area is 207 Å². The molecule has 5 heteroatoms. The van der Waals surface area contributed by atoms with Crippen LogP contribution in [0.3, 0.4) is 0 Å². The zero-order chi connectivity index (χ0) is 24.6. The van der Waals surface area contributed by atoms with Gasteiger partial charge in [-0.15, -0.1) is 0 Å². The number of H-pyrrole nitrogens is 1. The van der Waals surface area contributed by atoms with Crippen LogP contribution in [0.2, 0.25) is 0 Å². The van der Waals surface area contributed by atoms with Crippen LogP contribution in [-0.2, 0) is 17.8 Å². The summed E-state index contributed by atoms with van der Waals surface area (Å²) in [7, 11) is 0. The van der Waals surface area contributed by atoms with Crippen molar-refractivity contribution in [2.45, 2.75) is 33.2 Å². The van der Waals surface area contributed by atoms with Gasteiger partial charge in [-0.1, -0.05) is 73.7 Å². The molecule has 2 amide bonds. The Hall–Kier alpha value is -3.86. The Morgan fingerprint density at radius 2 is 1.54 bits per heavy atom. The van der Waals surface area contributed by atoms with Gasteiger partial charge in [-0.3, -0.25) is 9.59 Å². The van der Waals surface area contributed by atoms with Gasteiger partial charge >= 0.3 is 0 Å². The SMILES string of the molecule is CCCN(CC(=O)N(CCc1c[nH]c2ccccc12)Cc1ccccc1)C(=O)c1ccccc1C. The number of benzene rings is 3. The van der Waals surface area contributed by atoms with Gasteiger partial charge in [-0.05, 0) is 48.6 Å². The van der Waals surface area contributed by atoms with Gasteiger partial charge < -0.3 is 14.8 Å². The molecule has 0 aliphatic heterocycles. The Balaban J connectivity index is 1.53. The van der Waals surface area contributed by atoms with Crippen LogP contribution in [0.25, 0.3) is 10.9 Å². The highest BCUT2D eigenvalue weighted by Crippen LogP contribution is 2.19. The normalized spacial score (nSPS) is 10.9. The van der Waals surface area contributed by atoms with Crippen molar-refractivity contribution in [1.29, 1.82) is 0 Å². The van der Waals surface area contributed by atoms with Crippen molar-refractivity contribution in [3.63, 3.8) is 0 Å². The molecule has 0 unspecified atom stereocenters. The average Bonchev–Trinajstić information content (AvgIpc) is 3.30. The number of para-hydroxylation sites is 1. The first-order valence-electron chi connectivity index (χ1n) is 12.3. The number of nitrogens with zero attached hydrogens (tertiary/aromatic N) is 2. The van der Waals surface area contributed by atoms with Crippen LogP contribution < -0.4 is 0 Å². The van der Waals surface area contributed by atoms with E-state index in [0.717, 1.165) is 29.5 Å². The number of aromatic nitrogens is 1. The lowest BCUT2D eigenvalue weighted by Gasteiger charge is -2.28. The summed E-state index contributed by atoms with van der Waals surface area (Å²) >= 11 is 0. The third-order valence-corrected chi connectivity index (χ3v) is 6.38. The van der Waals surface area contributed by atoms with Crippen molar-refractivity contribution >= 4 is 22.7 Å². The van der Waals surface area contributed by atoms with Crippen molar-refractivity contribution in [2.24, 2.45) is 0 Å². The molecule has 4 aromatic rings. The maximum absolute atomic E-state index is 13.6. The number of aryl methyl sites for hydroxylation is 1. The Morgan fingerprint density at radius 3 is 2.31 bits per heavy atom. The molecule has 0 radical (unpaired) electrons. The molecule has 1 heterocycles. The lowest BCUT2D eigenvalue weighted by molar-refractivity contribution is -0.132. The molecule has 0 saturated heterocycles. The number of nitrogens with one attached hydrogen (secondary N) is 1. The van der Waals surface area contributed by atoms with Crippen molar-refractivity contribution in [3.8, 4) is 0 Å². The molecular formula is C30H33N3O2. The van der Waals surface area contributed by atoms with E-state index in [0.29, 0.717) is 25.2 Å². The number of fused-ring (bicyclic) bond motifs is 1. The minimum absolute atomic E-state index is 0.0379. The van der Waals surface area contributed by atoms with E-state index in [4.69, 9.17) is 0 Å². The highest BCUT2D eigenvalue weighted by atomic mass is 16.2. The van der Waals surface area contributed by atoms with E-state index in [-0.39, 0.29) is 18.4 Å². The molecule has 0 aliphatic rings. The van der Waals surface area contributed by atoms with E-state index in [9.17, 15) is 9.59 Å². The third kappa shape index (κ3) is 5.99. The monoisotopic (exact) mass is 467 g/mol. The molecule has 5 nitrogen and oxygen atoms in total. The van der Waals surface area contributed by atoms with Crippen molar-refractivity contribution < 1.29 is 9.59 Å². The predicted molar refractivity (Wildman–Crippen MR) is 141 cm³/mol. The summed E-state index contributed by atoms with van der Waals surface area (Å²) in [4.78, 5) is 33.8. The van der Waals surface area contributed by atoms with Gasteiger partial charge in [0.15, 0.2) is 0 Å². The Kier molecular flexibility index (Phi) is 7.99. The van der Waals surface area contributed by atoms with Gasteiger partial charge in [0.2, 0.25) is 5.91 Å². The fourth-order valence-corrected chi connectivity index (χ4v) is 4.46. The fraction of sp³-hybridized carbons (Fsp3) is 0.267. The van der Waals surface area contributed by atoms with Gasteiger partial charge in [-0.25, -0.2) is 0 Å². The van der Waals surface area contributed by atoms with Crippen LogP contribution in [0, 0.1) is 6.92 Å². The number of aromatic amines is 1. The lowest BCUT2D eigenvalue weighted by Crippen LogP contribution is -2.43. The van der Waals surface area contributed by atoms with E-state index in [1.165, 1.54) is 10.9 Å². The zero-order valence-electron chi connectivity index (χ0n) is 20.5. The van der Waals surface area contributed by atoms with Gasteiger partial charge in [-0.2, -0.15) is 0 Å². The lowest BCUT2D eigenvalue weighted by atomic mass is 10.1. The maximum Gasteiger partial charge on any atom is 0.254 e. The number of carbonyl (C=O) groups is 2. The summed E-state index contributed by atoms with van der Waals surface area (Å²) in [6, 6.07) is 25.8. The molecule has 1 aromatic heterocycles. The highest BCUT2D eigenvalue weighted by molar-refractivity contribution is 5.97. The van der Waals surface area contributed by atoms with E-state index in [1.807, 2.05) is 91.7 Å². The zero-order valence-corrected chi connectivity index (χ0v) is 20.5. The van der Waals surface area contributed by atoms with Gasteiger partial charge in [0.1, 0.15) is 6.54 Å². The molecule has 0 bridgehead atoms. The first-order valence-corrected chi connectivity index (χ1v) is 12.3. The molecule has 180 valence electrons. The van der Waals surface area contributed by atoms with E-state index >= 15 is 0 Å². The number of rotatable bonds is 10. The molecule has 3 aromatic carbocycles. The summed E-state index contributed by atoms with van der Waals surface area (Å²) in [5.41, 5.74) is 4.94. The largest absolute Gasteiger partial charge is 0.361 e. The Bertz CT molecular complexity index is 1280. The third-order valence-electron chi connectivity index (χ3n) is 6.38. The second-order valence-electron chi connectivity index (χ2n) is 8.95. The fourth-order valence-electron chi connectivity index (χ4n) is 4.46. The molecule has 4 rings (SSSR count). The predicted octanol–water partition coefficient (Wildman–Crippen LogP) is 5.60. The number of hydrogen-bond donors (Lipinski definition) is 1. The first kappa shape index (κ1) is 24.3. The minimum atomic E-state index is -0.0883. The quantitative estimate of drug-likeness (QED) is 0.330. The smallest absolute Gasteiger partial charge is 0.254 e. The maximum atomic E-state index is 13.6. The number of hydrogen-bond acceptors (Lipinski definition) is 2. The molecule has 0 saturated carbocycles. The summed E-state index contributed by atoms with van der Waals surface area (Å²) in [5, 5.41) is 1.18. The second kappa shape index (κ2) is 11.5. The molecule has 1 N–H and O–H groups in total. The standard InChI is InChI=1S/C30H33N3O2/c1-3-18-33(30(35)26-14-8-7-11-23(26)2)22-29(34)32(21-24-12-5-4-6-13-24)19-17-25-20-31-28-16-10-9-15-27(25)28/h4-16,20,31H,3,17-19,21-22H2,1-2H3. The van der Waals surface area contributed by atoms with Crippen LogP contribution in [0.5, 0.6) is 0 Å². The number of amides is 2. The number of carbonyl (C=O) groups excluding carboxylic acids is 2. The molecule has 0 fully saturated rings. The van der Waals surface area contributed by atoms with Crippen molar-refractivity contribution in [3.05, 3.63) is 107 Å². The van der Waals surface area contributed by atoms with E-state index < -0.39 is 0 Å². The Morgan fingerprint density at radius 1 is 0.829 bits per heavy atom. The molecule has 35 heavy (non-hydrogen) atoms. The van der Waals surface area contributed by atoms with Crippen molar-refractivity contribution in [2.75, 3.05) is 19.6 Å². The summed E-state index contributed by atoms with van der Waals surface area (Å²) in [6.45, 7) is 5.67. The summed E-state index contributed by atoms with van der Waals surface area (Å²) < 4.78 is 0. The second-order valence-corrected chi connectivity index (χ2v) is 8.95. The topological polar surface area (TPSA) is 56.4 Å². The first-order chi connectivity index (χ1) is 17.1. The molecular weight excluding hydrogens is 434 g/mol. The van der Waals surface area contributed by atoms with Crippen LogP contribution in [0.1, 0.15) is 40.4 Å². The summed E-state index contributed by atoms with van der Waals surface area (Å²) in [6.07, 6.45) is 3.56. The van der Waals surface area contributed by atoms with Gasteiger partial charge in [0, 0.05) is 42.3 Å². The van der Waals surface area contributed by atoms with Crippen LogP contribution in [0.15, 0.2) is 85.1 Å². The van der Waals surface area contributed by atoms with Crippen LogP contribution in [0.4, 0.5) is 0 Å². The van der Waals surface area contributed by atoms with Gasteiger partial charge in [0.05, 0.1) is 0 Å². The average molecular weight is 468 g/mol. The summed E-state index contributed by atoms with van der Waals surface area (Å²) in [5.74, 6) is -0.126. The van der Waals surface area contributed by atoms with E-state index in [1.54, 1.807) is 4.90 Å². The van der Waals surface area contributed by atoms with Crippen molar-refractivity contribution in [1.82, 2.24) is 14.8 Å². The molecule has 0 spiro atoms. The minimum Gasteiger partial charge on any atom is -0.361 e. The molecule has 0 aliphatic carbocycles. The molecule has 0 atom stereocenters. The van der Waals surface area contributed by atoms with Gasteiger partial charge in [0.25, 0.3) is 5.91 Å². The van der Waals surface area contributed by atoms with E-state index in [2.05, 4.69) is 17.1 Å².